The first kappa shape index (κ1) is 16.6. The Balaban J connectivity index is 2.18. The fourth-order valence-electron chi connectivity index (χ4n) is 2.05. The van der Waals surface area contributed by atoms with Crippen molar-refractivity contribution in [3.63, 3.8) is 0 Å². The summed E-state index contributed by atoms with van der Waals surface area (Å²) < 4.78 is 24.6. The maximum atomic E-state index is 13.6. The van der Waals surface area contributed by atoms with Crippen LogP contribution >= 0.6 is 11.6 Å². The molecule has 22 heavy (non-hydrogen) atoms. The van der Waals surface area contributed by atoms with E-state index in [2.05, 4.69) is 5.32 Å². The van der Waals surface area contributed by atoms with Gasteiger partial charge in [-0.3, -0.25) is 0 Å². The Morgan fingerprint density at radius 2 is 2.00 bits per heavy atom. The highest BCUT2D eigenvalue weighted by Crippen LogP contribution is 2.37. The van der Waals surface area contributed by atoms with Crippen molar-refractivity contribution < 1.29 is 13.9 Å². The molecular weight excluding hydrogens is 305 g/mol. The Hall–Kier alpha value is -1.78. The van der Waals surface area contributed by atoms with E-state index in [1.165, 1.54) is 6.07 Å². The molecule has 0 saturated carbocycles. The van der Waals surface area contributed by atoms with Gasteiger partial charge in [0.15, 0.2) is 11.5 Å². The Morgan fingerprint density at radius 1 is 1.23 bits per heavy atom. The van der Waals surface area contributed by atoms with Gasteiger partial charge in [0.1, 0.15) is 12.4 Å². The summed E-state index contributed by atoms with van der Waals surface area (Å²) in [5.74, 6) is 0.658. The molecule has 0 spiro atoms. The van der Waals surface area contributed by atoms with Crippen LogP contribution in [0.2, 0.25) is 5.02 Å². The van der Waals surface area contributed by atoms with Crippen LogP contribution in [0.3, 0.4) is 0 Å². The highest BCUT2D eigenvalue weighted by molar-refractivity contribution is 6.32. The topological polar surface area (TPSA) is 30.5 Å². The van der Waals surface area contributed by atoms with Gasteiger partial charge in [0, 0.05) is 12.1 Å². The minimum Gasteiger partial charge on any atom is -0.493 e. The third-order valence-electron chi connectivity index (χ3n) is 3.20. The molecule has 0 aromatic heterocycles. The molecule has 0 aliphatic heterocycles. The third kappa shape index (κ3) is 4.12. The molecule has 0 amide bonds. The lowest BCUT2D eigenvalue weighted by atomic mass is 10.2. The first-order valence-electron chi connectivity index (χ1n) is 7.09. The molecule has 0 radical (unpaired) electrons. The highest BCUT2D eigenvalue weighted by atomic mass is 35.5. The molecule has 2 rings (SSSR count). The summed E-state index contributed by atoms with van der Waals surface area (Å²) in [7, 11) is 1.55. The second kappa shape index (κ2) is 8.01. The summed E-state index contributed by atoms with van der Waals surface area (Å²) >= 11 is 6.27. The number of hydrogen-bond donors (Lipinski definition) is 1. The van der Waals surface area contributed by atoms with Gasteiger partial charge in [-0.15, -0.1) is 0 Å². The Kier molecular flexibility index (Phi) is 6.04. The SMILES string of the molecule is CCNCc1cc(Cl)c(OCc2ccccc2F)c(OC)c1. The van der Waals surface area contributed by atoms with Gasteiger partial charge in [0.05, 0.1) is 12.1 Å². The third-order valence-corrected chi connectivity index (χ3v) is 3.48. The standard InChI is InChI=1S/C17H19ClFNO2/c1-3-20-10-12-8-14(18)17(16(9-12)21-2)22-11-13-6-4-5-7-15(13)19/h4-9,20H,3,10-11H2,1-2H3. The first-order valence-corrected chi connectivity index (χ1v) is 7.46. The molecule has 0 fully saturated rings. The molecule has 0 atom stereocenters. The van der Waals surface area contributed by atoms with E-state index in [-0.39, 0.29) is 12.4 Å². The maximum Gasteiger partial charge on any atom is 0.180 e. The van der Waals surface area contributed by atoms with Crippen molar-refractivity contribution >= 4 is 11.6 Å². The summed E-state index contributed by atoms with van der Waals surface area (Å²) in [6.45, 7) is 3.69. The number of halogens is 2. The Bertz CT molecular complexity index is 634. The largest absolute Gasteiger partial charge is 0.493 e. The van der Waals surface area contributed by atoms with Crippen LogP contribution in [0.25, 0.3) is 0 Å². The fraction of sp³-hybridized carbons (Fsp3) is 0.294. The van der Waals surface area contributed by atoms with Crippen LogP contribution in [0, 0.1) is 5.82 Å². The van der Waals surface area contributed by atoms with Crippen LogP contribution in [0.4, 0.5) is 4.39 Å². The van der Waals surface area contributed by atoms with Gasteiger partial charge in [-0.05, 0) is 30.3 Å². The van der Waals surface area contributed by atoms with E-state index in [1.807, 2.05) is 19.1 Å². The molecule has 0 bridgehead atoms. The maximum absolute atomic E-state index is 13.6. The van der Waals surface area contributed by atoms with Crippen LogP contribution in [0.15, 0.2) is 36.4 Å². The minimum atomic E-state index is -0.304. The average Bonchev–Trinajstić information content (AvgIpc) is 2.52. The zero-order valence-corrected chi connectivity index (χ0v) is 13.4. The van der Waals surface area contributed by atoms with Crippen molar-refractivity contribution in [3.05, 3.63) is 58.4 Å². The lowest BCUT2D eigenvalue weighted by molar-refractivity contribution is 0.279. The second-order valence-corrected chi connectivity index (χ2v) is 5.18. The highest BCUT2D eigenvalue weighted by Gasteiger charge is 2.13. The zero-order chi connectivity index (χ0) is 15.9. The summed E-state index contributed by atoms with van der Waals surface area (Å²) in [6.07, 6.45) is 0. The van der Waals surface area contributed by atoms with Gasteiger partial charge >= 0.3 is 0 Å². The fourth-order valence-corrected chi connectivity index (χ4v) is 2.34. The molecule has 1 N–H and O–H groups in total. The Labute approximate surface area is 135 Å². The minimum absolute atomic E-state index is 0.0926. The molecule has 0 unspecified atom stereocenters. The second-order valence-electron chi connectivity index (χ2n) is 4.77. The molecular formula is C17H19ClFNO2. The summed E-state index contributed by atoms with van der Waals surface area (Å²) in [5, 5.41) is 3.67. The van der Waals surface area contributed by atoms with E-state index in [0.29, 0.717) is 28.6 Å². The van der Waals surface area contributed by atoms with Crippen molar-refractivity contribution in [1.82, 2.24) is 5.32 Å². The smallest absolute Gasteiger partial charge is 0.180 e. The number of ether oxygens (including phenoxy) is 2. The van der Waals surface area contributed by atoms with Crippen LogP contribution < -0.4 is 14.8 Å². The van der Waals surface area contributed by atoms with Gasteiger partial charge in [-0.2, -0.15) is 0 Å². The molecule has 3 nitrogen and oxygen atoms in total. The van der Waals surface area contributed by atoms with E-state index in [4.69, 9.17) is 21.1 Å². The molecule has 0 aliphatic carbocycles. The average molecular weight is 324 g/mol. The first-order chi connectivity index (χ1) is 10.7. The molecule has 0 heterocycles. The Morgan fingerprint density at radius 3 is 2.68 bits per heavy atom. The van der Waals surface area contributed by atoms with Crippen LogP contribution in [-0.4, -0.2) is 13.7 Å². The zero-order valence-electron chi connectivity index (χ0n) is 12.7. The predicted octanol–water partition coefficient (Wildman–Crippen LogP) is 4.18. The summed E-state index contributed by atoms with van der Waals surface area (Å²) in [5.41, 5.74) is 1.47. The van der Waals surface area contributed by atoms with Gasteiger partial charge in [0.25, 0.3) is 0 Å². The summed E-state index contributed by atoms with van der Waals surface area (Å²) in [4.78, 5) is 0. The van der Waals surface area contributed by atoms with E-state index in [1.54, 1.807) is 25.3 Å². The summed E-state index contributed by atoms with van der Waals surface area (Å²) in [6, 6.07) is 10.2. The van der Waals surface area contributed by atoms with Gasteiger partial charge < -0.3 is 14.8 Å². The molecule has 2 aromatic rings. The molecule has 2 aromatic carbocycles. The quantitative estimate of drug-likeness (QED) is 0.829. The van der Waals surface area contributed by atoms with Gasteiger partial charge in [-0.1, -0.05) is 36.7 Å². The number of hydrogen-bond acceptors (Lipinski definition) is 3. The van der Waals surface area contributed by atoms with Crippen molar-refractivity contribution in [2.45, 2.75) is 20.1 Å². The van der Waals surface area contributed by atoms with E-state index in [9.17, 15) is 4.39 Å². The number of methoxy groups -OCH3 is 1. The molecule has 0 aliphatic rings. The number of rotatable bonds is 7. The normalized spacial score (nSPS) is 10.5. The van der Waals surface area contributed by atoms with Gasteiger partial charge in [0.2, 0.25) is 0 Å². The van der Waals surface area contributed by atoms with Crippen LogP contribution in [0.5, 0.6) is 11.5 Å². The molecule has 0 saturated heterocycles. The number of benzene rings is 2. The van der Waals surface area contributed by atoms with Crippen molar-refractivity contribution in [2.24, 2.45) is 0 Å². The van der Waals surface area contributed by atoms with Crippen LogP contribution in [0.1, 0.15) is 18.1 Å². The molecule has 118 valence electrons. The van der Waals surface area contributed by atoms with Crippen LogP contribution in [-0.2, 0) is 13.2 Å². The van der Waals surface area contributed by atoms with Crippen molar-refractivity contribution in [1.29, 1.82) is 0 Å². The van der Waals surface area contributed by atoms with Crippen molar-refractivity contribution in [3.8, 4) is 11.5 Å². The van der Waals surface area contributed by atoms with Crippen molar-refractivity contribution in [2.75, 3.05) is 13.7 Å². The lowest BCUT2D eigenvalue weighted by Gasteiger charge is -2.14. The van der Waals surface area contributed by atoms with Gasteiger partial charge in [-0.25, -0.2) is 4.39 Å². The predicted molar refractivity (Wildman–Crippen MR) is 86.1 cm³/mol. The lowest BCUT2D eigenvalue weighted by Crippen LogP contribution is -2.12. The van der Waals surface area contributed by atoms with E-state index < -0.39 is 0 Å². The van der Waals surface area contributed by atoms with E-state index in [0.717, 1.165) is 12.1 Å². The molecule has 5 heteroatoms. The monoisotopic (exact) mass is 323 g/mol. The number of nitrogens with one attached hydrogen (secondary N) is 1. The van der Waals surface area contributed by atoms with E-state index >= 15 is 0 Å².